The highest BCUT2D eigenvalue weighted by molar-refractivity contribution is 7.91. The van der Waals surface area contributed by atoms with Crippen molar-refractivity contribution in [2.75, 3.05) is 6.26 Å². The Kier molecular flexibility index (Phi) is 4.57. The lowest BCUT2D eigenvalue weighted by molar-refractivity contribution is 0.0942. The molecule has 7 nitrogen and oxygen atoms in total. The van der Waals surface area contributed by atoms with Crippen LogP contribution in [0.5, 0.6) is 0 Å². The fourth-order valence-corrected chi connectivity index (χ4v) is 2.77. The zero-order valence-corrected chi connectivity index (χ0v) is 12.9. The topological polar surface area (TPSA) is 123 Å². The Bertz CT molecular complexity index is 686. The summed E-state index contributed by atoms with van der Waals surface area (Å²) in [4.78, 5) is 11.2. The maximum atomic E-state index is 11.9. The maximum absolute atomic E-state index is 11.9. The normalized spacial score (nSPS) is 12.4. The van der Waals surface area contributed by atoms with Gasteiger partial charge in [-0.05, 0) is 32.0 Å². The molecular formula is C11H16N2O5S2. The monoisotopic (exact) mass is 320 g/mol. The molecule has 9 heteroatoms. The quantitative estimate of drug-likeness (QED) is 0.800. The van der Waals surface area contributed by atoms with E-state index in [0.717, 1.165) is 24.5 Å². The highest BCUT2D eigenvalue weighted by Gasteiger charge is 2.19. The maximum Gasteiger partial charge on any atom is 0.251 e. The fraction of sp³-hybridized carbons (Fsp3) is 0.364. The van der Waals surface area contributed by atoms with E-state index in [0.29, 0.717) is 0 Å². The molecule has 0 saturated heterocycles. The molecular weight excluding hydrogens is 304 g/mol. The molecule has 0 saturated carbocycles. The number of amides is 1. The average Bonchev–Trinajstić information content (AvgIpc) is 2.25. The van der Waals surface area contributed by atoms with Gasteiger partial charge < -0.3 is 5.32 Å². The SMILES string of the molecule is CC(C)NC(=O)c1cc(S(C)(=O)=O)cc(S(N)(=O)=O)c1. The molecule has 3 N–H and O–H groups in total. The minimum Gasteiger partial charge on any atom is -0.350 e. The van der Waals surface area contributed by atoms with Crippen LogP contribution in [0.1, 0.15) is 24.2 Å². The molecule has 0 fully saturated rings. The summed E-state index contributed by atoms with van der Waals surface area (Å²) in [5, 5.41) is 7.53. The predicted molar refractivity (Wildman–Crippen MR) is 73.5 cm³/mol. The Labute approximate surface area is 118 Å². The number of sulfonamides is 1. The van der Waals surface area contributed by atoms with E-state index >= 15 is 0 Å². The number of sulfone groups is 1. The minimum atomic E-state index is -4.11. The van der Waals surface area contributed by atoms with Crippen LogP contribution >= 0.6 is 0 Å². The van der Waals surface area contributed by atoms with Crippen molar-refractivity contribution >= 4 is 25.8 Å². The summed E-state index contributed by atoms with van der Waals surface area (Å²) in [6.07, 6.45) is 0.916. The van der Waals surface area contributed by atoms with Crippen molar-refractivity contribution in [3.63, 3.8) is 0 Å². The van der Waals surface area contributed by atoms with Gasteiger partial charge in [-0.2, -0.15) is 0 Å². The van der Waals surface area contributed by atoms with E-state index in [4.69, 9.17) is 5.14 Å². The van der Waals surface area contributed by atoms with Crippen LogP contribution in [0.15, 0.2) is 28.0 Å². The van der Waals surface area contributed by atoms with E-state index < -0.39 is 30.7 Å². The second-order valence-corrected chi connectivity index (χ2v) is 8.22. The van der Waals surface area contributed by atoms with Crippen molar-refractivity contribution in [2.45, 2.75) is 29.7 Å². The second-order valence-electron chi connectivity index (χ2n) is 4.64. The summed E-state index contributed by atoms with van der Waals surface area (Å²) in [5.41, 5.74) is -0.0781. The molecule has 0 heterocycles. The van der Waals surface area contributed by atoms with Crippen LogP contribution in [-0.2, 0) is 19.9 Å². The number of benzene rings is 1. The Morgan fingerprint density at radius 3 is 2.00 bits per heavy atom. The second kappa shape index (κ2) is 5.51. The van der Waals surface area contributed by atoms with Crippen LogP contribution in [0.25, 0.3) is 0 Å². The molecule has 1 aromatic rings. The van der Waals surface area contributed by atoms with Gasteiger partial charge in [0.15, 0.2) is 9.84 Å². The summed E-state index contributed by atoms with van der Waals surface area (Å²) in [7, 11) is -7.78. The van der Waals surface area contributed by atoms with E-state index in [2.05, 4.69) is 5.32 Å². The largest absolute Gasteiger partial charge is 0.350 e. The minimum absolute atomic E-state index is 0.0781. The first kappa shape index (κ1) is 16.6. The standard InChI is InChI=1S/C11H16N2O5S2/c1-7(2)13-11(14)8-4-9(19(3,15)16)6-10(5-8)20(12,17)18/h4-7H,1-3H3,(H,13,14)(H2,12,17,18). The molecule has 0 aromatic heterocycles. The highest BCUT2D eigenvalue weighted by Crippen LogP contribution is 2.18. The van der Waals surface area contributed by atoms with Crippen LogP contribution in [0, 0.1) is 0 Å². The predicted octanol–water partition coefficient (Wildman–Crippen LogP) is -0.124. The van der Waals surface area contributed by atoms with Gasteiger partial charge in [-0.1, -0.05) is 0 Å². The summed E-state index contributed by atoms with van der Waals surface area (Å²) >= 11 is 0. The van der Waals surface area contributed by atoms with Crippen molar-refractivity contribution in [1.29, 1.82) is 0 Å². The van der Waals surface area contributed by atoms with Gasteiger partial charge in [0.05, 0.1) is 9.79 Å². The fourth-order valence-electron chi connectivity index (χ4n) is 1.43. The third-order valence-electron chi connectivity index (χ3n) is 2.32. The van der Waals surface area contributed by atoms with E-state index in [1.807, 2.05) is 0 Å². The molecule has 1 amide bonds. The smallest absolute Gasteiger partial charge is 0.251 e. The number of hydrogen-bond acceptors (Lipinski definition) is 5. The first-order chi connectivity index (χ1) is 8.91. The van der Waals surface area contributed by atoms with Crippen molar-refractivity contribution < 1.29 is 21.6 Å². The molecule has 0 aliphatic rings. The summed E-state index contributed by atoms with van der Waals surface area (Å²) < 4.78 is 45.8. The third-order valence-corrected chi connectivity index (χ3v) is 4.30. The van der Waals surface area contributed by atoms with Crippen LogP contribution in [-0.4, -0.2) is 35.0 Å². The van der Waals surface area contributed by atoms with Crippen LogP contribution in [0.4, 0.5) is 0 Å². The lowest BCUT2D eigenvalue weighted by Gasteiger charge is -2.10. The van der Waals surface area contributed by atoms with Crippen LogP contribution in [0.3, 0.4) is 0 Å². The molecule has 0 unspecified atom stereocenters. The number of carbonyl (C=O) groups is 1. The number of nitrogens with one attached hydrogen (secondary N) is 1. The zero-order valence-electron chi connectivity index (χ0n) is 11.2. The molecule has 0 bridgehead atoms. The first-order valence-electron chi connectivity index (χ1n) is 5.60. The average molecular weight is 320 g/mol. The Balaban J connectivity index is 3.51. The molecule has 112 valence electrons. The van der Waals surface area contributed by atoms with Gasteiger partial charge in [-0.3, -0.25) is 4.79 Å². The molecule has 0 aliphatic carbocycles. The number of carbonyl (C=O) groups excluding carboxylic acids is 1. The Morgan fingerprint density at radius 2 is 1.60 bits per heavy atom. The Morgan fingerprint density at radius 1 is 1.10 bits per heavy atom. The van der Waals surface area contributed by atoms with Gasteiger partial charge in [0.25, 0.3) is 5.91 Å². The van der Waals surface area contributed by atoms with E-state index in [1.165, 1.54) is 0 Å². The van der Waals surface area contributed by atoms with E-state index in [9.17, 15) is 21.6 Å². The van der Waals surface area contributed by atoms with Gasteiger partial charge in [0.2, 0.25) is 10.0 Å². The number of primary sulfonamides is 1. The van der Waals surface area contributed by atoms with Gasteiger partial charge in [-0.15, -0.1) is 0 Å². The highest BCUT2D eigenvalue weighted by atomic mass is 32.2. The lowest BCUT2D eigenvalue weighted by atomic mass is 10.2. The summed E-state index contributed by atoms with van der Waals surface area (Å²) in [6, 6.07) is 2.91. The molecule has 1 aromatic carbocycles. The van der Waals surface area contributed by atoms with Crippen molar-refractivity contribution in [3.05, 3.63) is 23.8 Å². The summed E-state index contributed by atoms with van der Waals surface area (Å²) in [6.45, 7) is 3.44. The van der Waals surface area contributed by atoms with Gasteiger partial charge in [0.1, 0.15) is 0 Å². The van der Waals surface area contributed by atoms with Crippen LogP contribution in [0.2, 0.25) is 0 Å². The Hall–Kier alpha value is -1.45. The van der Waals surface area contributed by atoms with E-state index in [-0.39, 0.29) is 16.5 Å². The lowest BCUT2D eigenvalue weighted by Crippen LogP contribution is -2.30. The van der Waals surface area contributed by atoms with Crippen molar-refractivity contribution in [3.8, 4) is 0 Å². The number of hydrogen-bond donors (Lipinski definition) is 2. The molecule has 20 heavy (non-hydrogen) atoms. The molecule has 0 atom stereocenters. The van der Waals surface area contributed by atoms with Gasteiger partial charge in [0, 0.05) is 17.9 Å². The third kappa shape index (κ3) is 4.29. The van der Waals surface area contributed by atoms with Gasteiger partial charge >= 0.3 is 0 Å². The molecule has 0 spiro atoms. The number of rotatable bonds is 4. The molecule has 1 rings (SSSR count). The van der Waals surface area contributed by atoms with Crippen LogP contribution < -0.4 is 10.5 Å². The summed E-state index contributed by atoms with van der Waals surface area (Å²) in [5.74, 6) is -0.574. The van der Waals surface area contributed by atoms with E-state index in [1.54, 1.807) is 13.8 Å². The first-order valence-corrected chi connectivity index (χ1v) is 9.04. The molecule has 0 aliphatic heterocycles. The van der Waals surface area contributed by atoms with Crippen molar-refractivity contribution in [2.24, 2.45) is 5.14 Å². The zero-order chi connectivity index (χ0) is 15.7. The van der Waals surface area contributed by atoms with Gasteiger partial charge in [-0.25, -0.2) is 22.0 Å². The van der Waals surface area contributed by atoms with Crippen molar-refractivity contribution in [1.82, 2.24) is 5.32 Å². The molecule has 0 radical (unpaired) electrons. The number of nitrogens with two attached hydrogens (primary N) is 1.